The lowest BCUT2D eigenvalue weighted by molar-refractivity contribution is 0.0570. The Kier molecular flexibility index (Phi) is 4.44. The molecule has 0 aromatic heterocycles. The summed E-state index contributed by atoms with van der Waals surface area (Å²) in [6.07, 6.45) is 2.68. The number of hydrogen-bond acceptors (Lipinski definition) is 3. The summed E-state index contributed by atoms with van der Waals surface area (Å²) in [7, 11) is 0. The first-order valence-corrected chi connectivity index (χ1v) is 8.81. The van der Waals surface area contributed by atoms with Crippen LogP contribution in [-0.2, 0) is 6.42 Å². The van der Waals surface area contributed by atoms with Crippen molar-refractivity contribution in [1.82, 2.24) is 4.90 Å². The fraction of sp³-hybridized carbons (Fsp3) is 0.400. The second-order valence-corrected chi connectivity index (χ2v) is 6.98. The van der Waals surface area contributed by atoms with E-state index in [0.29, 0.717) is 0 Å². The molecule has 0 bridgehead atoms. The van der Waals surface area contributed by atoms with Crippen LogP contribution in [0.2, 0.25) is 0 Å². The van der Waals surface area contributed by atoms with Crippen molar-refractivity contribution in [2.45, 2.75) is 37.5 Å². The monoisotopic (exact) mass is 344 g/mol. The average molecular weight is 344 g/mol. The minimum atomic E-state index is -0.668. The number of fused-ring (bicyclic) bond motifs is 1. The Balaban J connectivity index is 1.65. The number of nitrogens with zero attached hydrogens (tertiary/aromatic N) is 1. The first-order chi connectivity index (χ1) is 12.1. The van der Waals surface area contributed by atoms with Gasteiger partial charge in [-0.1, -0.05) is 24.3 Å². The maximum atomic E-state index is 14.1. The van der Waals surface area contributed by atoms with Gasteiger partial charge >= 0.3 is 0 Å². The van der Waals surface area contributed by atoms with Crippen LogP contribution >= 0.6 is 0 Å². The third-order valence-electron chi connectivity index (χ3n) is 5.25. The van der Waals surface area contributed by atoms with E-state index in [1.807, 2.05) is 18.2 Å². The fourth-order valence-corrected chi connectivity index (χ4v) is 4.05. The lowest BCUT2D eigenvalue weighted by Gasteiger charge is -2.38. The minimum absolute atomic E-state index is 0.0920. The van der Waals surface area contributed by atoms with Gasteiger partial charge in [0.05, 0.1) is 6.04 Å². The molecule has 4 rings (SSSR count). The van der Waals surface area contributed by atoms with Crippen LogP contribution in [0.25, 0.3) is 0 Å². The summed E-state index contributed by atoms with van der Waals surface area (Å²) in [6.45, 7) is 1.79. The van der Waals surface area contributed by atoms with E-state index in [9.17, 15) is 8.78 Å². The predicted octanol–water partition coefficient (Wildman–Crippen LogP) is 3.43. The Labute approximate surface area is 146 Å². The molecule has 2 N–H and O–H groups in total. The van der Waals surface area contributed by atoms with E-state index in [1.165, 1.54) is 17.7 Å². The van der Waals surface area contributed by atoms with Gasteiger partial charge < -0.3 is 10.5 Å². The Morgan fingerprint density at radius 3 is 2.76 bits per heavy atom. The fourth-order valence-electron chi connectivity index (χ4n) is 4.05. The summed E-state index contributed by atoms with van der Waals surface area (Å²) < 4.78 is 33.4. The highest BCUT2D eigenvalue weighted by Crippen LogP contribution is 2.39. The summed E-state index contributed by atoms with van der Waals surface area (Å²) >= 11 is 0. The minimum Gasteiger partial charge on any atom is -0.481 e. The van der Waals surface area contributed by atoms with Gasteiger partial charge in [0.25, 0.3) is 0 Å². The van der Waals surface area contributed by atoms with Gasteiger partial charge in [0.2, 0.25) is 0 Å². The summed E-state index contributed by atoms with van der Waals surface area (Å²) in [5.74, 6) is -1.18. The van der Waals surface area contributed by atoms with E-state index in [-0.39, 0.29) is 23.9 Å². The molecule has 1 saturated heterocycles. The number of halogens is 2. The van der Waals surface area contributed by atoms with Crippen molar-refractivity contribution in [2.75, 3.05) is 13.1 Å². The van der Waals surface area contributed by atoms with Crippen molar-refractivity contribution in [3.05, 3.63) is 65.2 Å². The van der Waals surface area contributed by atoms with Crippen LogP contribution in [0.5, 0.6) is 5.75 Å². The van der Waals surface area contributed by atoms with E-state index in [0.717, 1.165) is 44.0 Å². The number of hydrogen-bond donors (Lipinski definition) is 1. The van der Waals surface area contributed by atoms with Crippen molar-refractivity contribution in [3.63, 3.8) is 0 Å². The van der Waals surface area contributed by atoms with Crippen molar-refractivity contribution < 1.29 is 13.5 Å². The van der Waals surface area contributed by atoms with Gasteiger partial charge in [-0.05, 0) is 49.1 Å². The smallest absolute Gasteiger partial charge is 0.168 e. The first-order valence-electron chi connectivity index (χ1n) is 8.81. The Bertz CT molecular complexity index is 767. The molecule has 25 heavy (non-hydrogen) atoms. The number of rotatable bonds is 3. The molecule has 1 unspecified atom stereocenters. The molecule has 132 valence electrons. The molecule has 3 nitrogen and oxygen atoms in total. The summed E-state index contributed by atoms with van der Waals surface area (Å²) in [4.78, 5) is 2.36. The van der Waals surface area contributed by atoms with Crippen molar-refractivity contribution in [3.8, 4) is 5.75 Å². The number of piperidine rings is 1. The Hall–Kier alpha value is -1.98. The maximum absolute atomic E-state index is 14.1. The highest BCUT2D eigenvalue weighted by atomic mass is 19.1. The second-order valence-electron chi connectivity index (χ2n) is 6.98. The van der Waals surface area contributed by atoms with Crippen LogP contribution in [0.15, 0.2) is 42.5 Å². The third kappa shape index (κ3) is 3.26. The van der Waals surface area contributed by atoms with E-state index in [4.69, 9.17) is 10.5 Å². The molecule has 1 fully saturated rings. The van der Waals surface area contributed by atoms with Gasteiger partial charge in [-0.3, -0.25) is 4.90 Å². The van der Waals surface area contributed by atoms with Crippen LogP contribution in [0, 0.1) is 11.6 Å². The molecule has 0 radical (unpaired) electrons. The molecule has 1 aliphatic heterocycles. The highest BCUT2D eigenvalue weighted by Gasteiger charge is 2.39. The van der Waals surface area contributed by atoms with Gasteiger partial charge in [0.1, 0.15) is 11.9 Å². The molecule has 2 aromatic rings. The zero-order chi connectivity index (χ0) is 17.4. The highest BCUT2D eigenvalue weighted by molar-refractivity contribution is 5.38. The molecule has 0 spiro atoms. The van der Waals surface area contributed by atoms with Crippen LogP contribution in [0.3, 0.4) is 0 Å². The van der Waals surface area contributed by atoms with Crippen LogP contribution < -0.4 is 10.5 Å². The summed E-state index contributed by atoms with van der Waals surface area (Å²) in [5.41, 5.74) is 8.45. The standard InChI is InChI=1S/C20H22F2N2O/c21-14-7-8-19(17(22)11-14)25-20-16-6-2-1-4-13(16)10-18(20)24-9-3-5-15(23)12-24/h1-2,4,6-8,11,15,18,20H,3,5,9-10,12,23H2/t15?,18-,20-/m1/s1. The molecule has 2 aliphatic rings. The number of ether oxygens (including phenoxy) is 1. The molecule has 1 heterocycles. The van der Waals surface area contributed by atoms with Crippen LogP contribution in [-0.4, -0.2) is 30.1 Å². The SMILES string of the molecule is NC1CCCN([C@@H]2Cc3ccccc3[C@H]2Oc2ccc(F)cc2F)C1. The van der Waals surface area contributed by atoms with E-state index < -0.39 is 11.6 Å². The van der Waals surface area contributed by atoms with Crippen molar-refractivity contribution in [2.24, 2.45) is 5.73 Å². The van der Waals surface area contributed by atoms with Crippen molar-refractivity contribution >= 4 is 0 Å². The Morgan fingerprint density at radius 1 is 1.12 bits per heavy atom. The van der Waals surface area contributed by atoms with E-state index >= 15 is 0 Å². The van der Waals surface area contributed by atoms with E-state index in [2.05, 4.69) is 11.0 Å². The average Bonchev–Trinajstić information content (AvgIpc) is 2.96. The number of likely N-dealkylation sites (tertiary alicyclic amines) is 1. The molecule has 1 aliphatic carbocycles. The molecule has 0 saturated carbocycles. The molecule has 2 aromatic carbocycles. The van der Waals surface area contributed by atoms with Crippen molar-refractivity contribution in [1.29, 1.82) is 0 Å². The maximum Gasteiger partial charge on any atom is 0.168 e. The topological polar surface area (TPSA) is 38.5 Å². The van der Waals surface area contributed by atoms with Gasteiger partial charge in [-0.2, -0.15) is 0 Å². The lowest BCUT2D eigenvalue weighted by Crippen LogP contribution is -2.49. The van der Waals surface area contributed by atoms with Gasteiger partial charge in [-0.25, -0.2) is 8.78 Å². The summed E-state index contributed by atoms with van der Waals surface area (Å²) in [6, 6.07) is 11.9. The molecule has 5 heteroatoms. The second kappa shape index (κ2) is 6.73. The van der Waals surface area contributed by atoms with Crippen LogP contribution in [0.4, 0.5) is 8.78 Å². The normalized spacial score (nSPS) is 26.4. The molecular weight excluding hydrogens is 322 g/mol. The lowest BCUT2D eigenvalue weighted by atomic mass is 10.0. The zero-order valence-electron chi connectivity index (χ0n) is 14.0. The zero-order valence-corrected chi connectivity index (χ0v) is 14.0. The summed E-state index contributed by atoms with van der Waals surface area (Å²) in [5, 5.41) is 0. The molecular formula is C20H22F2N2O. The van der Waals surface area contributed by atoms with Gasteiger partial charge in [0, 0.05) is 18.7 Å². The predicted molar refractivity (Wildman–Crippen MR) is 92.4 cm³/mol. The van der Waals surface area contributed by atoms with E-state index in [1.54, 1.807) is 0 Å². The van der Waals surface area contributed by atoms with Crippen LogP contribution in [0.1, 0.15) is 30.1 Å². The van der Waals surface area contributed by atoms with Gasteiger partial charge in [0.15, 0.2) is 11.6 Å². The largest absolute Gasteiger partial charge is 0.481 e. The third-order valence-corrected chi connectivity index (χ3v) is 5.25. The number of benzene rings is 2. The first kappa shape index (κ1) is 16.5. The van der Waals surface area contributed by atoms with Gasteiger partial charge in [-0.15, -0.1) is 0 Å². The Morgan fingerprint density at radius 2 is 1.96 bits per heavy atom. The molecule has 0 amide bonds. The quantitative estimate of drug-likeness (QED) is 0.927. The molecule has 3 atom stereocenters. The number of nitrogens with two attached hydrogens (primary N) is 1.